The second kappa shape index (κ2) is 13.5. The van der Waals surface area contributed by atoms with Crippen LogP contribution in [-0.2, 0) is 5.41 Å². The molecular formula is C52H49N. The number of nitrogens with zero attached hydrogens (tertiary/aromatic N) is 1. The number of fused-ring (bicyclic) bond motifs is 4. The van der Waals surface area contributed by atoms with Crippen LogP contribution in [0.15, 0.2) is 152 Å². The van der Waals surface area contributed by atoms with Gasteiger partial charge in [0.2, 0.25) is 0 Å². The van der Waals surface area contributed by atoms with Crippen molar-refractivity contribution in [3.63, 3.8) is 0 Å². The monoisotopic (exact) mass is 687 g/mol. The Balaban J connectivity index is 1.16. The van der Waals surface area contributed by atoms with Crippen molar-refractivity contribution in [1.82, 2.24) is 0 Å². The molecule has 0 heterocycles. The van der Waals surface area contributed by atoms with E-state index < -0.39 is 0 Å². The predicted molar refractivity (Wildman–Crippen MR) is 227 cm³/mol. The standard InChI is InChI=1S/C52H49N/c1-35(2)44-20-13-21-48-51(44)47-33-31-43(34-49(47)52(48,3)4)53(41-27-22-37(23-28-41)36-14-7-5-8-15-36)42-29-24-39(25-30-42)46-32-26-38-16-11-12-19-45(38)50(46)40-17-9-6-10-18-40/h6,9-13,16-36H,5,7-8,14-15H2,1-4H3. The van der Waals surface area contributed by atoms with Gasteiger partial charge in [-0.1, -0.05) is 162 Å². The molecule has 1 fully saturated rings. The summed E-state index contributed by atoms with van der Waals surface area (Å²) in [5.74, 6) is 1.15. The molecule has 0 aliphatic heterocycles. The van der Waals surface area contributed by atoms with Gasteiger partial charge in [-0.3, -0.25) is 0 Å². The molecule has 7 aromatic carbocycles. The molecule has 0 spiro atoms. The van der Waals surface area contributed by atoms with Gasteiger partial charge in [-0.2, -0.15) is 0 Å². The average molecular weight is 688 g/mol. The molecule has 262 valence electrons. The molecule has 1 saturated carbocycles. The van der Waals surface area contributed by atoms with E-state index in [0.29, 0.717) is 11.8 Å². The van der Waals surface area contributed by atoms with Gasteiger partial charge >= 0.3 is 0 Å². The highest BCUT2D eigenvalue weighted by molar-refractivity contribution is 6.04. The van der Waals surface area contributed by atoms with Crippen molar-refractivity contribution in [2.45, 2.75) is 77.0 Å². The molecule has 0 atom stereocenters. The van der Waals surface area contributed by atoms with E-state index in [4.69, 9.17) is 0 Å². The van der Waals surface area contributed by atoms with E-state index in [2.05, 4.69) is 184 Å². The molecule has 0 aromatic heterocycles. The quantitative estimate of drug-likeness (QED) is 0.161. The second-order valence-corrected chi connectivity index (χ2v) is 16.2. The molecule has 0 saturated heterocycles. The molecule has 0 amide bonds. The Bertz CT molecular complexity index is 2410. The Morgan fingerprint density at radius 3 is 1.92 bits per heavy atom. The average Bonchev–Trinajstić information content (AvgIpc) is 3.44. The van der Waals surface area contributed by atoms with Crippen molar-refractivity contribution in [2.24, 2.45) is 0 Å². The topological polar surface area (TPSA) is 3.24 Å². The molecule has 0 bridgehead atoms. The lowest BCUT2D eigenvalue weighted by Crippen LogP contribution is -2.16. The van der Waals surface area contributed by atoms with Crippen LogP contribution in [0.3, 0.4) is 0 Å². The Hall–Kier alpha value is -5.40. The highest BCUT2D eigenvalue weighted by Crippen LogP contribution is 2.53. The first-order valence-electron chi connectivity index (χ1n) is 19.7. The first-order valence-corrected chi connectivity index (χ1v) is 19.7. The van der Waals surface area contributed by atoms with E-state index in [1.54, 1.807) is 0 Å². The maximum absolute atomic E-state index is 2.47. The van der Waals surface area contributed by atoms with Crippen molar-refractivity contribution in [1.29, 1.82) is 0 Å². The fourth-order valence-corrected chi connectivity index (χ4v) is 9.42. The third-order valence-corrected chi connectivity index (χ3v) is 12.3. The number of hydrogen-bond acceptors (Lipinski definition) is 1. The minimum absolute atomic E-state index is 0.0874. The summed E-state index contributed by atoms with van der Waals surface area (Å²) in [6, 6.07) is 57.1. The number of benzene rings is 7. The second-order valence-electron chi connectivity index (χ2n) is 16.2. The Morgan fingerprint density at radius 1 is 0.528 bits per heavy atom. The van der Waals surface area contributed by atoms with Gasteiger partial charge in [0, 0.05) is 22.5 Å². The summed E-state index contributed by atoms with van der Waals surface area (Å²) in [4.78, 5) is 2.47. The molecule has 7 aromatic rings. The van der Waals surface area contributed by atoms with Gasteiger partial charge in [-0.15, -0.1) is 0 Å². The molecule has 0 radical (unpaired) electrons. The molecule has 9 rings (SSSR count). The molecule has 1 heteroatoms. The van der Waals surface area contributed by atoms with E-state index in [1.807, 2.05) is 0 Å². The number of rotatable bonds is 7. The summed E-state index contributed by atoms with van der Waals surface area (Å²) in [6.45, 7) is 9.44. The Morgan fingerprint density at radius 2 is 1.19 bits per heavy atom. The zero-order valence-electron chi connectivity index (χ0n) is 31.6. The van der Waals surface area contributed by atoms with Gasteiger partial charge < -0.3 is 4.90 Å². The summed E-state index contributed by atoms with van der Waals surface area (Å²) in [5.41, 5.74) is 17.1. The smallest absolute Gasteiger partial charge is 0.0465 e. The van der Waals surface area contributed by atoms with Crippen LogP contribution < -0.4 is 4.90 Å². The zero-order chi connectivity index (χ0) is 36.1. The molecule has 0 N–H and O–H groups in total. The van der Waals surface area contributed by atoms with Crippen LogP contribution in [0.4, 0.5) is 17.1 Å². The van der Waals surface area contributed by atoms with Crippen molar-refractivity contribution >= 4 is 27.8 Å². The summed E-state index contributed by atoms with van der Waals surface area (Å²) in [5, 5.41) is 2.54. The van der Waals surface area contributed by atoms with E-state index in [-0.39, 0.29) is 5.41 Å². The molecule has 2 aliphatic carbocycles. The van der Waals surface area contributed by atoms with Crippen LogP contribution in [0.25, 0.3) is 44.2 Å². The van der Waals surface area contributed by atoms with Crippen LogP contribution in [0.5, 0.6) is 0 Å². The van der Waals surface area contributed by atoms with Gasteiger partial charge in [-0.25, -0.2) is 0 Å². The molecule has 53 heavy (non-hydrogen) atoms. The minimum atomic E-state index is -0.0874. The Kier molecular flexibility index (Phi) is 8.54. The maximum Gasteiger partial charge on any atom is 0.0465 e. The molecular weight excluding hydrogens is 639 g/mol. The van der Waals surface area contributed by atoms with Gasteiger partial charge in [0.25, 0.3) is 0 Å². The summed E-state index contributed by atoms with van der Waals surface area (Å²) in [6.07, 6.45) is 6.69. The Labute approximate surface area is 316 Å². The van der Waals surface area contributed by atoms with Crippen LogP contribution in [0.2, 0.25) is 0 Å². The predicted octanol–water partition coefficient (Wildman–Crippen LogP) is 15.1. The lowest BCUT2D eigenvalue weighted by atomic mass is 9.81. The largest absolute Gasteiger partial charge is 0.310 e. The lowest BCUT2D eigenvalue weighted by Gasteiger charge is -2.29. The lowest BCUT2D eigenvalue weighted by molar-refractivity contribution is 0.443. The first-order chi connectivity index (χ1) is 25.9. The van der Waals surface area contributed by atoms with Crippen LogP contribution >= 0.6 is 0 Å². The summed E-state index contributed by atoms with van der Waals surface area (Å²) < 4.78 is 0. The fraction of sp³-hybridized carbons (Fsp3) is 0.231. The maximum atomic E-state index is 2.47. The highest BCUT2D eigenvalue weighted by Gasteiger charge is 2.37. The van der Waals surface area contributed by atoms with Crippen LogP contribution in [0, 0.1) is 0 Å². The highest BCUT2D eigenvalue weighted by atomic mass is 15.1. The first kappa shape index (κ1) is 33.4. The SMILES string of the molecule is CC(C)c1cccc2c1-c1ccc(N(c3ccc(-c4ccc5ccccc5c4-c4ccccc4)cc3)c3ccc(C4CCCCC4)cc3)cc1C2(C)C. The molecule has 1 nitrogen and oxygen atoms in total. The van der Waals surface area contributed by atoms with Crippen molar-refractivity contribution < 1.29 is 0 Å². The van der Waals surface area contributed by atoms with Gasteiger partial charge in [0.05, 0.1) is 0 Å². The van der Waals surface area contributed by atoms with Crippen LogP contribution in [0.1, 0.15) is 93.9 Å². The third-order valence-electron chi connectivity index (χ3n) is 12.3. The van der Waals surface area contributed by atoms with Crippen LogP contribution in [-0.4, -0.2) is 0 Å². The fourth-order valence-electron chi connectivity index (χ4n) is 9.42. The van der Waals surface area contributed by atoms with Crippen molar-refractivity contribution in [3.8, 4) is 33.4 Å². The van der Waals surface area contributed by atoms with E-state index in [0.717, 1.165) is 5.69 Å². The summed E-state index contributed by atoms with van der Waals surface area (Å²) >= 11 is 0. The van der Waals surface area contributed by atoms with E-state index >= 15 is 0 Å². The van der Waals surface area contributed by atoms with Gasteiger partial charge in [-0.05, 0) is 127 Å². The third kappa shape index (κ3) is 5.88. The number of anilines is 3. The minimum Gasteiger partial charge on any atom is -0.310 e. The van der Waals surface area contributed by atoms with E-state index in [9.17, 15) is 0 Å². The molecule has 2 aliphatic rings. The number of hydrogen-bond donors (Lipinski definition) is 0. The normalized spacial score (nSPS) is 15.0. The van der Waals surface area contributed by atoms with Crippen molar-refractivity contribution in [2.75, 3.05) is 4.90 Å². The van der Waals surface area contributed by atoms with Crippen molar-refractivity contribution in [3.05, 3.63) is 174 Å². The zero-order valence-corrected chi connectivity index (χ0v) is 31.6. The van der Waals surface area contributed by atoms with E-state index in [1.165, 1.54) is 110 Å². The molecule has 0 unspecified atom stereocenters. The van der Waals surface area contributed by atoms with Gasteiger partial charge in [0.15, 0.2) is 0 Å². The van der Waals surface area contributed by atoms with Gasteiger partial charge in [0.1, 0.15) is 0 Å². The summed E-state index contributed by atoms with van der Waals surface area (Å²) in [7, 11) is 0.